The number of nitrogens with one attached hydrogen (secondary N) is 2. The van der Waals surface area contributed by atoms with Crippen LogP contribution in [0.15, 0.2) is 40.9 Å². The predicted octanol–water partition coefficient (Wildman–Crippen LogP) is 3.35. The molecule has 24 heavy (non-hydrogen) atoms. The normalized spacial score (nSPS) is 10.0. The van der Waals surface area contributed by atoms with Crippen LogP contribution in [0.2, 0.25) is 0 Å². The van der Waals surface area contributed by atoms with Crippen molar-refractivity contribution >= 4 is 39.1 Å². The number of hydrogen-bond acceptors (Lipinski definition) is 4. The average molecular weight is 393 g/mol. The molecule has 0 saturated heterocycles. The Kier molecular flexibility index (Phi) is 5.81. The zero-order valence-corrected chi connectivity index (χ0v) is 15.1. The summed E-state index contributed by atoms with van der Waals surface area (Å²) in [4.78, 5) is 24.0. The molecule has 2 amide bonds. The molecule has 2 aromatic rings. The molecular weight excluding hydrogens is 376 g/mol. The van der Waals surface area contributed by atoms with Gasteiger partial charge in [-0.2, -0.15) is 0 Å². The Morgan fingerprint density at radius 1 is 0.875 bits per heavy atom. The number of methoxy groups -OCH3 is 2. The Balaban J connectivity index is 2.06. The molecule has 0 unspecified atom stereocenters. The van der Waals surface area contributed by atoms with Gasteiger partial charge in [0, 0.05) is 21.9 Å². The summed E-state index contributed by atoms with van der Waals surface area (Å²) < 4.78 is 11.1. The molecule has 7 heteroatoms. The topological polar surface area (TPSA) is 76.7 Å². The monoisotopic (exact) mass is 392 g/mol. The number of ether oxygens (including phenoxy) is 2. The second-order valence-electron chi connectivity index (χ2n) is 4.94. The summed E-state index contributed by atoms with van der Waals surface area (Å²) in [6, 6.07) is 10.1. The minimum absolute atomic E-state index is 0.429. The molecule has 2 aromatic carbocycles. The zero-order chi connectivity index (χ0) is 17.7. The Bertz CT molecular complexity index is 777. The van der Waals surface area contributed by atoms with Crippen molar-refractivity contribution in [3.8, 4) is 11.5 Å². The fraction of sp³-hybridized carbons (Fsp3) is 0.176. The summed E-state index contributed by atoms with van der Waals surface area (Å²) in [6.45, 7) is 1.93. The van der Waals surface area contributed by atoms with Gasteiger partial charge in [0.1, 0.15) is 0 Å². The summed E-state index contributed by atoms with van der Waals surface area (Å²) in [5.74, 6) is -0.554. The molecule has 2 N–H and O–H groups in total. The van der Waals surface area contributed by atoms with Crippen molar-refractivity contribution in [3.05, 3.63) is 46.4 Å². The van der Waals surface area contributed by atoms with Gasteiger partial charge >= 0.3 is 11.8 Å². The van der Waals surface area contributed by atoms with Gasteiger partial charge in [-0.3, -0.25) is 9.59 Å². The lowest BCUT2D eigenvalue weighted by molar-refractivity contribution is -0.133. The molecular formula is C17H17BrN2O4. The molecule has 0 spiro atoms. The maximum atomic E-state index is 12.0. The van der Waals surface area contributed by atoms with Crippen LogP contribution in [0.4, 0.5) is 11.4 Å². The highest BCUT2D eigenvalue weighted by atomic mass is 79.9. The van der Waals surface area contributed by atoms with E-state index in [0.29, 0.717) is 22.9 Å². The fourth-order valence-electron chi connectivity index (χ4n) is 1.96. The molecule has 0 saturated carbocycles. The number of anilines is 2. The van der Waals surface area contributed by atoms with Gasteiger partial charge in [-0.1, -0.05) is 22.0 Å². The molecule has 0 aliphatic carbocycles. The molecule has 2 rings (SSSR count). The van der Waals surface area contributed by atoms with E-state index in [4.69, 9.17) is 9.47 Å². The fourth-order valence-corrected chi connectivity index (χ4v) is 2.34. The average Bonchev–Trinajstić information content (AvgIpc) is 2.57. The molecule has 0 aromatic heterocycles. The van der Waals surface area contributed by atoms with Gasteiger partial charge in [0.05, 0.1) is 14.2 Å². The third-order valence-electron chi connectivity index (χ3n) is 3.28. The van der Waals surface area contributed by atoms with Crippen molar-refractivity contribution in [1.29, 1.82) is 0 Å². The minimum atomic E-state index is -0.779. The third kappa shape index (κ3) is 4.26. The van der Waals surface area contributed by atoms with Gasteiger partial charge in [0.15, 0.2) is 11.5 Å². The van der Waals surface area contributed by atoms with Crippen LogP contribution in [0.5, 0.6) is 11.5 Å². The molecule has 126 valence electrons. The molecule has 0 aliphatic rings. The third-order valence-corrected chi connectivity index (χ3v) is 4.13. The Morgan fingerprint density at radius 2 is 1.42 bits per heavy atom. The number of amides is 2. The van der Waals surface area contributed by atoms with Crippen LogP contribution >= 0.6 is 15.9 Å². The first-order chi connectivity index (χ1) is 11.4. The molecule has 0 fully saturated rings. The van der Waals surface area contributed by atoms with Crippen LogP contribution in [-0.4, -0.2) is 26.0 Å². The molecule has 0 atom stereocenters. The van der Waals surface area contributed by atoms with E-state index in [9.17, 15) is 9.59 Å². The van der Waals surface area contributed by atoms with Crippen LogP contribution < -0.4 is 20.1 Å². The molecule has 0 aliphatic heterocycles. The second-order valence-corrected chi connectivity index (χ2v) is 5.80. The van der Waals surface area contributed by atoms with E-state index in [-0.39, 0.29) is 0 Å². The lowest BCUT2D eigenvalue weighted by Crippen LogP contribution is -2.29. The van der Waals surface area contributed by atoms with Gasteiger partial charge in [-0.25, -0.2) is 0 Å². The van der Waals surface area contributed by atoms with Crippen molar-refractivity contribution in [2.45, 2.75) is 6.92 Å². The molecule has 0 heterocycles. The summed E-state index contributed by atoms with van der Waals surface area (Å²) in [5.41, 5.74) is 1.99. The Hall–Kier alpha value is -2.54. The minimum Gasteiger partial charge on any atom is -0.493 e. The number of aryl methyl sites for hydroxylation is 1. The maximum Gasteiger partial charge on any atom is 0.314 e. The van der Waals surface area contributed by atoms with Gasteiger partial charge in [0.25, 0.3) is 0 Å². The highest BCUT2D eigenvalue weighted by molar-refractivity contribution is 9.10. The maximum absolute atomic E-state index is 12.0. The quantitative estimate of drug-likeness (QED) is 0.782. The van der Waals surface area contributed by atoms with Crippen LogP contribution in [-0.2, 0) is 9.59 Å². The van der Waals surface area contributed by atoms with Gasteiger partial charge < -0.3 is 20.1 Å². The Labute approximate surface area is 148 Å². The largest absolute Gasteiger partial charge is 0.493 e. The van der Waals surface area contributed by atoms with Gasteiger partial charge in [-0.15, -0.1) is 0 Å². The van der Waals surface area contributed by atoms with Crippen LogP contribution in [0.3, 0.4) is 0 Å². The van der Waals surface area contributed by atoms with E-state index >= 15 is 0 Å². The summed E-state index contributed by atoms with van der Waals surface area (Å²) in [5, 5.41) is 5.06. The number of carbonyl (C=O) groups excluding carboxylic acids is 2. The van der Waals surface area contributed by atoms with Gasteiger partial charge in [-0.05, 0) is 36.8 Å². The van der Waals surface area contributed by atoms with E-state index in [1.54, 1.807) is 30.3 Å². The summed E-state index contributed by atoms with van der Waals surface area (Å²) in [7, 11) is 3.01. The highest BCUT2D eigenvalue weighted by Crippen LogP contribution is 2.29. The number of halogens is 1. The molecule has 6 nitrogen and oxygen atoms in total. The van der Waals surface area contributed by atoms with Crippen LogP contribution in [0.1, 0.15) is 5.56 Å². The van der Waals surface area contributed by atoms with E-state index in [1.807, 2.05) is 13.0 Å². The lowest BCUT2D eigenvalue weighted by Gasteiger charge is -2.11. The van der Waals surface area contributed by atoms with E-state index in [2.05, 4.69) is 26.6 Å². The second kappa shape index (κ2) is 7.83. The first-order valence-corrected chi connectivity index (χ1v) is 7.84. The molecule has 0 radical (unpaired) electrons. The summed E-state index contributed by atoms with van der Waals surface area (Å²) >= 11 is 3.38. The van der Waals surface area contributed by atoms with Crippen LogP contribution in [0, 0.1) is 6.92 Å². The van der Waals surface area contributed by atoms with E-state index in [1.165, 1.54) is 14.2 Å². The number of rotatable bonds is 4. The zero-order valence-electron chi connectivity index (χ0n) is 13.5. The number of benzene rings is 2. The first-order valence-electron chi connectivity index (χ1n) is 7.05. The SMILES string of the molecule is COc1ccc(NC(=O)C(=O)Nc2ccc(C)c(Br)c2)cc1OC. The van der Waals surface area contributed by atoms with Gasteiger partial charge in [0.2, 0.25) is 0 Å². The summed E-state index contributed by atoms with van der Waals surface area (Å²) in [6.07, 6.45) is 0. The predicted molar refractivity (Wildman–Crippen MR) is 95.7 cm³/mol. The number of carbonyl (C=O) groups is 2. The number of hydrogen-bond donors (Lipinski definition) is 2. The Morgan fingerprint density at radius 3 is 1.96 bits per heavy atom. The smallest absolute Gasteiger partial charge is 0.314 e. The first kappa shape index (κ1) is 17.8. The van der Waals surface area contributed by atoms with Crippen molar-refractivity contribution in [2.24, 2.45) is 0 Å². The standard InChI is InChI=1S/C17H17BrN2O4/c1-10-4-5-11(8-13(10)18)19-16(21)17(22)20-12-6-7-14(23-2)15(9-12)24-3/h4-9H,1-3H3,(H,19,21)(H,20,22). The highest BCUT2D eigenvalue weighted by Gasteiger charge is 2.15. The van der Waals surface area contributed by atoms with E-state index < -0.39 is 11.8 Å². The van der Waals surface area contributed by atoms with E-state index in [0.717, 1.165) is 10.0 Å². The van der Waals surface area contributed by atoms with Crippen LogP contribution in [0.25, 0.3) is 0 Å². The van der Waals surface area contributed by atoms with Crippen molar-refractivity contribution in [3.63, 3.8) is 0 Å². The van der Waals surface area contributed by atoms with Crippen molar-refractivity contribution in [1.82, 2.24) is 0 Å². The molecule has 0 bridgehead atoms. The lowest BCUT2D eigenvalue weighted by atomic mass is 10.2. The van der Waals surface area contributed by atoms with Crippen molar-refractivity contribution < 1.29 is 19.1 Å². The van der Waals surface area contributed by atoms with Crippen molar-refractivity contribution in [2.75, 3.05) is 24.9 Å².